The Morgan fingerprint density at radius 3 is 2.60 bits per heavy atom. The summed E-state index contributed by atoms with van der Waals surface area (Å²) in [4.78, 5) is 12.1. The van der Waals surface area contributed by atoms with Crippen LogP contribution in [0.1, 0.15) is 27.0 Å². The van der Waals surface area contributed by atoms with E-state index in [9.17, 15) is 9.90 Å². The number of nitrogens with one attached hydrogen (secondary N) is 1. The zero-order valence-electron chi connectivity index (χ0n) is 11.6. The smallest absolute Gasteiger partial charge is 0.251 e. The first-order valence-electron chi connectivity index (χ1n) is 6.40. The summed E-state index contributed by atoms with van der Waals surface area (Å²) in [5, 5.41) is 12.5. The van der Waals surface area contributed by atoms with Crippen LogP contribution in [0.3, 0.4) is 0 Å². The highest BCUT2D eigenvalue weighted by Crippen LogP contribution is 2.19. The second-order valence-corrected chi connectivity index (χ2v) is 4.87. The predicted molar refractivity (Wildman–Crippen MR) is 79.6 cm³/mol. The number of phenolic OH excluding ortho intramolecular Hbond substituents is 1. The molecule has 0 saturated carbocycles. The van der Waals surface area contributed by atoms with Gasteiger partial charge in [-0.15, -0.1) is 0 Å². The molecule has 1 amide bonds. The number of amides is 1. The highest BCUT2D eigenvalue weighted by Gasteiger charge is 2.08. The van der Waals surface area contributed by atoms with Gasteiger partial charge in [0, 0.05) is 23.4 Å². The van der Waals surface area contributed by atoms with Crippen molar-refractivity contribution in [3.8, 4) is 5.75 Å². The fourth-order valence-corrected chi connectivity index (χ4v) is 1.91. The molecule has 0 unspecified atom stereocenters. The van der Waals surface area contributed by atoms with Crippen LogP contribution >= 0.6 is 0 Å². The van der Waals surface area contributed by atoms with Gasteiger partial charge in [-0.3, -0.25) is 4.79 Å². The van der Waals surface area contributed by atoms with Gasteiger partial charge in [-0.25, -0.2) is 0 Å². The zero-order valence-corrected chi connectivity index (χ0v) is 11.6. The molecule has 2 rings (SSSR count). The predicted octanol–water partition coefficient (Wildman–Crippen LogP) is 2.52. The first kappa shape index (κ1) is 13.9. The molecular formula is C16H18N2O2. The van der Waals surface area contributed by atoms with Crippen LogP contribution in [-0.2, 0) is 6.54 Å². The van der Waals surface area contributed by atoms with Gasteiger partial charge < -0.3 is 16.2 Å². The summed E-state index contributed by atoms with van der Waals surface area (Å²) in [7, 11) is 0. The Hall–Kier alpha value is -2.49. The summed E-state index contributed by atoms with van der Waals surface area (Å²) < 4.78 is 0. The number of aryl methyl sites for hydroxylation is 2. The van der Waals surface area contributed by atoms with Crippen LogP contribution in [-0.4, -0.2) is 11.0 Å². The average molecular weight is 270 g/mol. The van der Waals surface area contributed by atoms with Crippen molar-refractivity contribution < 1.29 is 9.90 Å². The second kappa shape index (κ2) is 5.65. The molecule has 2 aromatic carbocycles. The van der Waals surface area contributed by atoms with Crippen molar-refractivity contribution in [1.82, 2.24) is 5.32 Å². The molecule has 0 atom stereocenters. The van der Waals surface area contributed by atoms with Crippen molar-refractivity contribution >= 4 is 11.6 Å². The van der Waals surface area contributed by atoms with Crippen LogP contribution in [0.4, 0.5) is 5.69 Å². The number of anilines is 1. The highest BCUT2D eigenvalue weighted by molar-refractivity contribution is 5.94. The van der Waals surface area contributed by atoms with Crippen LogP contribution in [0.5, 0.6) is 5.75 Å². The van der Waals surface area contributed by atoms with Gasteiger partial charge in [-0.05, 0) is 55.3 Å². The lowest BCUT2D eigenvalue weighted by atomic mass is 10.1. The van der Waals surface area contributed by atoms with E-state index in [1.165, 1.54) is 6.07 Å². The number of nitrogens with two attached hydrogens (primary N) is 1. The number of carbonyl (C=O) groups is 1. The SMILES string of the molecule is Cc1ccc(C(=O)NCc2cc(N)ccc2O)cc1C. The number of hydrogen-bond donors (Lipinski definition) is 3. The first-order valence-corrected chi connectivity index (χ1v) is 6.40. The van der Waals surface area contributed by atoms with Crippen molar-refractivity contribution in [1.29, 1.82) is 0 Å². The standard InChI is InChI=1S/C16H18N2O2/c1-10-3-4-12(7-11(10)2)16(20)18-9-13-8-14(17)5-6-15(13)19/h3-8,19H,9,17H2,1-2H3,(H,18,20). The first-order chi connectivity index (χ1) is 9.47. The van der Waals surface area contributed by atoms with Crippen molar-refractivity contribution in [3.63, 3.8) is 0 Å². The third-order valence-electron chi connectivity index (χ3n) is 3.31. The normalized spacial score (nSPS) is 10.3. The number of phenols is 1. The van der Waals surface area contributed by atoms with E-state index in [1.54, 1.807) is 18.2 Å². The van der Waals surface area contributed by atoms with Gasteiger partial charge in [0.05, 0.1) is 0 Å². The Kier molecular flexibility index (Phi) is 3.94. The molecule has 4 nitrogen and oxygen atoms in total. The largest absolute Gasteiger partial charge is 0.508 e. The van der Waals surface area contributed by atoms with Crippen molar-refractivity contribution in [2.45, 2.75) is 20.4 Å². The van der Waals surface area contributed by atoms with E-state index < -0.39 is 0 Å². The molecule has 20 heavy (non-hydrogen) atoms. The minimum absolute atomic E-state index is 0.125. The zero-order chi connectivity index (χ0) is 14.7. The van der Waals surface area contributed by atoms with E-state index in [4.69, 9.17) is 5.73 Å². The third-order valence-corrected chi connectivity index (χ3v) is 3.31. The maximum Gasteiger partial charge on any atom is 0.251 e. The van der Waals surface area contributed by atoms with E-state index in [0.717, 1.165) is 11.1 Å². The number of aromatic hydroxyl groups is 1. The minimum Gasteiger partial charge on any atom is -0.508 e. The monoisotopic (exact) mass is 270 g/mol. The second-order valence-electron chi connectivity index (χ2n) is 4.87. The molecule has 4 heteroatoms. The van der Waals surface area contributed by atoms with Crippen molar-refractivity contribution in [2.24, 2.45) is 0 Å². The molecule has 104 valence electrons. The van der Waals surface area contributed by atoms with Crippen LogP contribution < -0.4 is 11.1 Å². The Morgan fingerprint density at radius 2 is 1.90 bits per heavy atom. The Labute approximate surface area is 118 Å². The molecule has 0 heterocycles. The van der Waals surface area contributed by atoms with Gasteiger partial charge in [0.2, 0.25) is 0 Å². The van der Waals surface area contributed by atoms with Crippen molar-refractivity contribution in [2.75, 3.05) is 5.73 Å². The molecule has 0 aromatic heterocycles. The summed E-state index contributed by atoms with van der Waals surface area (Å²) >= 11 is 0. The summed E-state index contributed by atoms with van der Waals surface area (Å²) in [6.45, 7) is 4.21. The maximum atomic E-state index is 12.1. The number of rotatable bonds is 3. The highest BCUT2D eigenvalue weighted by atomic mass is 16.3. The Morgan fingerprint density at radius 1 is 1.15 bits per heavy atom. The Bertz CT molecular complexity index is 651. The van der Waals surface area contributed by atoms with E-state index in [-0.39, 0.29) is 18.2 Å². The lowest BCUT2D eigenvalue weighted by Gasteiger charge is -2.09. The molecule has 0 saturated heterocycles. The van der Waals surface area contributed by atoms with Gasteiger partial charge in [0.25, 0.3) is 5.91 Å². The molecule has 0 fully saturated rings. The molecule has 0 bridgehead atoms. The van der Waals surface area contributed by atoms with E-state index in [0.29, 0.717) is 16.8 Å². The molecule has 0 aliphatic rings. The molecule has 0 radical (unpaired) electrons. The van der Waals surface area contributed by atoms with Gasteiger partial charge in [-0.2, -0.15) is 0 Å². The van der Waals surface area contributed by atoms with Crippen LogP contribution in [0.2, 0.25) is 0 Å². The number of hydrogen-bond acceptors (Lipinski definition) is 3. The Balaban J connectivity index is 2.08. The average Bonchev–Trinajstić information content (AvgIpc) is 2.42. The third kappa shape index (κ3) is 3.09. The quantitative estimate of drug-likeness (QED) is 0.592. The maximum absolute atomic E-state index is 12.1. The number of carbonyl (C=O) groups excluding carboxylic acids is 1. The summed E-state index contributed by atoms with van der Waals surface area (Å²) in [5.41, 5.74) is 9.64. The molecule has 4 N–H and O–H groups in total. The molecule has 0 aliphatic heterocycles. The molecule has 2 aromatic rings. The number of benzene rings is 2. The minimum atomic E-state index is -0.171. The topological polar surface area (TPSA) is 75.4 Å². The summed E-state index contributed by atoms with van der Waals surface area (Å²) in [6.07, 6.45) is 0. The fourth-order valence-electron chi connectivity index (χ4n) is 1.91. The van der Waals surface area contributed by atoms with Crippen LogP contribution in [0.15, 0.2) is 36.4 Å². The molecule has 0 aliphatic carbocycles. The van der Waals surface area contributed by atoms with Gasteiger partial charge in [-0.1, -0.05) is 6.07 Å². The molecular weight excluding hydrogens is 252 g/mol. The van der Waals surface area contributed by atoms with Crippen LogP contribution in [0.25, 0.3) is 0 Å². The lowest BCUT2D eigenvalue weighted by Crippen LogP contribution is -2.23. The number of nitrogen functional groups attached to an aromatic ring is 1. The van der Waals surface area contributed by atoms with Crippen LogP contribution in [0, 0.1) is 13.8 Å². The molecule has 0 spiro atoms. The van der Waals surface area contributed by atoms with E-state index in [2.05, 4.69) is 5.32 Å². The summed E-state index contributed by atoms with van der Waals surface area (Å²) in [6, 6.07) is 10.3. The van der Waals surface area contributed by atoms with E-state index >= 15 is 0 Å². The lowest BCUT2D eigenvalue weighted by molar-refractivity contribution is 0.0950. The summed E-state index contributed by atoms with van der Waals surface area (Å²) in [5.74, 6) is -0.0467. The fraction of sp³-hybridized carbons (Fsp3) is 0.188. The van der Waals surface area contributed by atoms with Gasteiger partial charge >= 0.3 is 0 Å². The van der Waals surface area contributed by atoms with E-state index in [1.807, 2.05) is 26.0 Å². The van der Waals surface area contributed by atoms with Gasteiger partial charge in [0.15, 0.2) is 0 Å². The van der Waals surface area contributed by atoms with Crippen molar-refractivity contribution in [3.05, 3.63) is 58.7 Å². The van der Waals surface area contributed by atoms with Gasteiger partial charge in [0.1, 0.15) is 5.75 Å².